The number of pyridine rings is 2. The van der Waals surface area contributed by atoms with Crippen LogP contribution in [0.5, 0.6) is 0 Å². The molecular weight excluding hydrogens is 948 g/mol. The van der Waals surface area contributed by atoms with Gasteiger partial charge in [-0.3, -0.25) is 48.0 Å². The molecule has 1 aromatic carbocycles. The van der Waals surface area contributed by atoms with Crippen LogP contribution in [0.4, 0.5) is 17.5 Å². The summed E-state index contributed by atoms with van der Waals surface area (Å²) < 4.78 is 1.72. The van der Waals surface area contributed by atoms with E-state index in [0.29, 0.717) is 54.3 Å². The van der Waals surface area contributed by atoms with E-state index in [2.05, 4.69) is 44.5 Å². The standard InChI is InChI=1S/C25H30N7O2.C19H22N3O4.W/c1-16-20-15-27-25(28-21-9-8-19(14-26-21)31-12-10-30(3)11-13-31)29-23(20)32(18-6-4-5-7-18)24(34)22(16)17(2)33;1-21-8-6-19(26,7-9-21)13-2-3-14-12(10-13)11-22(18(14)25)15-4-5-16(23)20-17(15)24;/h8-9,14-15,18H,3-7,10-13H2,1-2H3,(H,26,27,28,29);2-3,10,15,26H,1,4-9,11H2,(H,20,23,24);/q2*-1;+2. The second-order valence-corrected chi connectivity index (χ2v) is 16.7. The summed E-state index contributed by atoms with van der Waals surface area (Å²) in [5.74, 6) is -0.120. The molecule has 0 spiro atoms. The molecule has 4 fully saturated rings. The van der Waals surface area contributed by atoms with Crippen LogP contribution in [0, 0.1) is 21.0 Å². The summed E-state index contributed by atoms with van der Waals surface area (Å²) >= 11 is 0. The van der Waals surface area contributed by atoms with Gasteiger partial charge in [0.15, 0.2) is 5.78 Å². The number of nitrogens with one attached hydrogen (secondary N) is 2. The molecule has 3 amide bonds. The first-order valence-electron chi connectivity index (χ1n) is 20.8. The molecule has 1 atom stereocenters. The summed E-state index contributed by atoms with van der Waals surface area (Å²) in [7, 11) is 7.90. The van der Waals surface area contributed by atoms with Crippen molar-refractivity contribution in [2.24, 2.45) is 0 Å². The molecule has 1 aliphatic carbocycles. The summed E-state index contributed by atoms with van der Waals surface area (Å²) in [6, 6.07) is 8.82. The third kappa shape index (κ3) is 9.04. The van der Waals surface area contributed by atoms with Gasteiger partial charge in [-0.1, -0.05) is 25.0 Å². The van der Waals surface area contributed by atoms with Crippen LogP contribution in [-0.2, 0) is 42.8 Å². The molecule has 0 radical (unpaired) electrons. The van der Waals surface area contributed by atoms with E-state index in [1.54, 1.807) is 23.8 Å². The summed E-state index contributed by atoms with van der Waals surface area (Å²) in [6.07, 6.45) is 9.28. The Bertz CT molecular complexity index is 2380. The normalized spacial score (nSPS) is 20.8. The smallest absolute Gasteiger partial charge is 0.459 e. The first-order chi connectivity index (χ1) is 28.8. The number of aliphatic hydroxyl groups is 1. The number of ketones is 1. The number of carbonyl (C=O) groups excluding carboxylic acids is 4. The van der Waals surface area contributed by atoms with Crippen LogP contribution in [0.15, 0.2) is 47.5 Å². The number of imide groups is 1. The van der Waals surface area contributed by atoms with Crippen LogP contribution in [0.25, 0.3) is 11.0 Å². The number of Topliss-reactive ketones (excluding diaryl/α,β-unsaturated/α-hetero) is 1. The number of hydrogen-bond acceptors (Lipinski definition) is 13. The first kappa shape index (κ1) is 44.2. The van der Waals surface area contributed by atoms with Gasteiger partial charge in [0.2, 0.25) is 17.8 Å². The summed E-state index contributed by atoms with van der Waals surface area (Å²) in [4.78, 5) is 83.4. The number of rotatable bonds is 7. The number of aryl methyl sites for hydroxylation is 1. The number of benzene rings is 1. The van der Waals surface area contributed by atoms with Crippen LogP contribution in [0.3, 0.4) is 0 Å². The second-order valence-electron chi connectivity index (χ2n) is 16.7. The van der Waals surface area contributed by atoms with E-state index in [1.165, 1.54) is 11.8 Å². The summed E-state index contributed by atoms with van der Waals surface area (Å²) in [6.45, 7) is 8.70. The topological polar surface area (TPSA) is 186 Å². The van der Waals surface area contributed by atoms with Crippen LogP contribution >= 0.6 is 0 Å². The number of piperazine rings is 1. The maximum absolute atomic E-state index is 13.3. The van der Waals surface area contributed by atoms with Crippen LogP contribution < -0.4 is 21.1 Å². The zero-order valence-corrected chi connectivity index (χ0v) is 37.6. The van der Waals surface area contributed by atoms with Crippen molar-refractivity contribution < 1.29 is 45.3 Å². The molecule has 4 aliphatic heterocycles. The predicted molar refractivity (Wildman–Crippen MR) is 225 cm³/mol. The van der Waals surface area contributed by atoms with Crippen molar-refractivity contribution >= 4 is 52.0 Å². The van der Waals surface area contributed by atoms with E-state index >= 15 is 0 Å². The fourth-order valence-corrected chi connectivity index (χ4v) is 9.15. The predicted octanol–water partition coefficient (Wildman–Crippen LogP) is 3.99. The van der Waals surface area contributed by atoms with Crippen LogP contribution in [0.1, 0.15) is 102 Å². The average Bonchev–Trinajstić information content (AvgIpc) is 3.88. The number of aromatic nitrogens is 4. The van der Waals surface area contributed by atoms with Gasteiger partial charge < -0.3 is 30.0 Å². The first-order valence-corrected chi connectivity index (χ1v) is 20.8. The Morgan fingerprint density at radius 3 is 2.28 bits per heavy atom. The van der Waals surface area contributed by atoms with Gasteiger partial charge in [0, 0.05) is 49.2 Å². The largest absolute Gasteiger partial charge is 2.00 e. The van der Waals surface area contributed by atoms with Crippen LogP contribution in [-0.4, -0.2) is 108 Å². The molecule has 7 heterocycles. The van der Waals surface area contributed by atoms with E-state index in [4.69, 9.17) is 4.98 Å². The van der Waals surface area contributed by atoms with Crippen molar-refractivity contribution in [2.45, 2.75) is 89.4 Å². The van der Waals surface area contributed by atoms with Gasteiger partial charge in [-0.15, -0.1) is 0 Å². The monoisotopic (exact) mass is 1000 g/mol. The maximum atomic E-state index is 13.3. The molecule has 3 aromatic heterocycles. The van der Waals surface area contributed by atoms with Crippen molar-refractivity contribution in [3.05, 3.63) is 95.0 Å². The molecule has 0 bridgehead atoms. The summed E-state index contributed by atoms with van der Waals surface area (Å²) in [5, 5.41) is 17.2. The van der Waals surface area contributed by atoms with E-state index < -0.39 is 17.6 Å². The Hall–Kier alpha value is -4.89. The number of nitrogens with zero attached hydrogens (tertiary/aromatic N) is 8. The van der Waals surface area contributed by atoms with Crippen molar-refractivity contribution in [3.63, 3.8) is 0 Å². The third-order valence-corrected chi connectivity index (χ3v) is 12.7. The third-order valence-electron chi connectivity index (χ3n) is 12.7. The summed E-state index contributed by atoms with van der Waals surface area (Å²) in [5.41, 5.74) is 3.55. The van der Waals surface area contributed by atoms with Gasteiger partial charge in [-0.05, 0) is 107 Å². The Morgan fingerprint density at radius 1 is 0.918 bits per heavy atom. The number of likely N-dealkylation sites (tertiary alicyclic amines) is 1. The number of amides is 3. The molecule has 320 valence electrons. The number of piperidine rings is 2. The average molecular weight is 1000 g/mol. The number of carbonyl (C=O) groups is 4. The minimum atomic E-state index is -0.908. The maximum Gasteiger partial charge on any atom is 2.00 e. The molecule has 61 heavy (non-hydrogen) atoms. The van der Waals surface area contributed by atoms with Gasteiger partial charge in [-0.25, -0.2) is 9.97 Å². The van der Waals surface area contributed by atoms with Gasteiger partial charge >= 0.3 is 21.1 Å². The Kier molecular flexibility index (Phi) is 13.2. The molecule has 1 unspecified atom stereocenters. The Balaban J connectivity index is 0.000000187. The van der Waals surface area contributed by atoms with Gasteiger partial charge in [-0.2, -0.15) is 4.98 Å². The fraction of sp³-hybridized carbons (Fsp3) is 0.455. The van der Waals surface area contributed by atoms with Gasteiger partial charge in [0.25, 0.3) is 11.5 Å². The minimum absolute atomic E-state index is 0. The molecule has 9 rings (SSSR count). The van der Waals surface area contributed by atoms with E-state index in [1.807, 2.05) is 35.4 Å². The van der Waals surface area contributed by atoms with E-state index in [0.717, 1.165) is 87.2 Å². The van der Waals surface area contributed by atoms with Crippen LogP contribution in [0.2, 0.25) is 0 Å². The quantitative estimate of drug-likeness (QED) is 0.137. The molecule has 17 heteroatoms. The molecule has 16 nitrogen and oxygen atoms in total. The van der Waals surface area contributed by atoms with Gasteiger partial charge in [0.05, 0.1) is 23.0 Å². The van der Waals surface area contributed by atoms with E-state index in [-0.39, 0.29) is 62.2 Å². The SMILES string of the molecule is [CH2-]N1CCC(O)(c2ccc3c(c2)CN(C2CCC(=O)NC2=O)C3=O)CC1.[CH2-]N1CCN(c2ccc(Nc3ncc4c(C)c(C(C)=O)c(=O)n(C5CCCC5)c4n3)nc2)CC1.[W+2]. The zero-order chi connectivity index (χ0) is 42.3. The number of fused-ring (bicyclic) bond motifs is 2. The second kappa shape index (κ2) is 18.2. The fourth-order valence-electron chi connectivity index (χ4n) is 9.15. The molecular formula is C44H52N10O6W. The van der Waals surface area contributed by atoms with Crippen molar-refractivity contribution in [3.8, 4) is 0 Å². The van der Waals surface area contributed by atoms with E-state index in [9.17, 15) is 29.1 Å². The number of anilines is 3. The molecule has 3 saturated heterocycles. The van der Waals surface area contributed by atoms with Crippen molar-refractivity contribution in [2.75, 3.05) is 49.5 Å². The Morgan fingerprint density at radius 2 is 1.62 bits per heavy atom. The molecule has 5 aliphatic rings. The van der Waals surface area contributed by atoms with Crippen molar-refractivity contribution in [1.29, 1.82) is 0 Å². The zero-order valence-electron chi connectivity index (χ0n) is 34.7. The minimum Gasteiger partial charge on any atom is -0.459 e. The van der Waals surface area contributed by atoms with Gasteiger partial charge in [0.1, 0.15) is 17.5 Å². The Labute approximate surface area is 369 Å². The van der Waals surface area contributed by atoms with Crippen molar-refractivity contribution in [1.82, 2.24) is 39.5 Å². The molecule has 1 saturated carbocycles. The molecule has 4 aromatic rings. The molecule has 3 N–H and O–H groups in total. The number of hydrogen-bond donors (Lipinski definition) is 3.